The molecule has 2 heteroatoms. The van der Waals surface area contributed by atoms with Crippen molar-refractivity contribution in [1.29, 1.82) is 0 Å². The normalized spacial score (nSPS) is 29.1. The van der Waals surface area contributed by atoms with Gasteiger partial charge in [-0.3, -0.25) is 4.90 Å². The minimum Gasteiger partial charge on any atom is -0.357 e. The van der Waals surface area contributed by atoms with Crippen molar-refractivity contribution in [2.45, 2.75) is 57.9 Å². The van der Waals surface area contributed by atoms with Crippen molar-refractivity contribution >= 4 is 10.9 Å². The van der Waals surface area contributed by atoms with Crippen LogP contribution in [0.3, 0.4) is 0 Å². The summed E-state index contributed by atoms with van der Waals surface area (Å²) in [7, 11) is 0. The third-order valence-corrected chi connectivity index (χ3v) is 6.12. The van der Waals surface area contributed by atoms with E-state index in [2.05, 4.69) is 48.0 Å². The van der Waals surface area contributed by atoms with E-state index in [4.69, 9.17) is 0 Å². The molecule has 0 bridgehead atoms. The predicted octanol–water partition coefficient (Wildman–Crippen LogP) is 4.84. The molecule has 2 aromatic rings. The Kier molecular flexibility index (Phi) is 3.53. The number of piperidine rings is 1. The lowest BCUT2D eigenvalue weighted by Gasteiger charge is -2.47. The van der Waals surface area contributed by atoms with E-state index in [1.54, 1.807) is 5.56 Å². The molecular formula is C20H28N2. The van der Waals surface area contributed by atoms with Gasteiger partial charge in [0.1, 0.15) is 0 Å². The Morgan fingerprint density at radius 3 is 3.05 bits per heavy atom. The summed E-state index contributed by atoms with van der Waals surface area (Å²) in [5.41, 5.74) is 4.65. The van der Waals surface area contributed by atoms with Crippen LogP contribution in [0.4, 0.5) is 0 Å². The molecule has 2 nitrogen and oxygen atoms in total. The highest BCUT2D eigenvalue weighted by molar-refractivity contribution is 5.85. The molecule has 3 heterocycles. The van der Waals surface area contributed by atoms with Crippen LogP contribution < -0.4 is 0 Å². The first-order valence-electron chi connectivity index (χ1n) is 9.07. The molecule has 118 valence electrons. The highest BCUT2D eigenvalue weighted by atomic mass is 15.2. The maximum atomic E-state index is 3.80. The lowest BCUT2D eigenvalue weighted by molar-refractivity contribution is 0.0268. The molecule has 22 heavy (non-hydrogen) atoms. The Morgan fingerprint density at radius 2 is 2.18 bits per heavy atom. The highest BCUT2D eigenvalue weighted by Crippen LogP contribution is 2.44. The summed E-state index contributed by atoms with van der Waals surface area (Å²) in [5.74, 6) is 0.906. The van der Waals surface area contributed by atoms with E-state index in [9.17, 15) is 0 Å². The van der Waals surface area contributed by atoms with Gasteiger partial charge in [-0.2, -0.15) is 0 Å². The Balaban J connectivity index is 1.77. The van der Waals surface area contributed by atoms with Crippen LogP contribution >= 0.6 is 0 Å². The fourth-order valence-electron chi connectivity index (χ4n) is 4.88. The number of nitrogens with one attached hydrogen (secondary N) is 1. The van der Waals surface area contributed by atoms with Crippen LogP contribution in [0.25, 0.3) is 10.9 Å². The number of hydrogen-bond donors (Lipinski definition) is 1. The zero-order valence-corrected chi connectivity index (χ0v) is 14.0. The molecule has 4 rings (SSSR count). The van der Waals surface area contributed by atoms with E-state index in [1.807, 2.05) is 0 Å². The summed E-state index contributed by atoms with van der Waals surface area (Å²) >= 11 is 0. The van der Waals surface area contributed by atoms with Crippen molar-refractivity contribution in [1.82, 2.24) is 9.88 Å². The molecule has 0 radical (unpaired) electrons. The molecule has 2 atom stereocenters. The number of rotatable bonds is 2. The molecule has 0 aliphatic carbocycles. The predicted molar refractivity (Wildman–Crippen MR) is 93.2 cm³/mol. The minimum atomic E-state index is 0.217. The van der Waals surface area contributed by atoms with Crippen LogP contribution in [0.2, 0.25) is 0 Å². The van der Waals surface area contributed by atoms with Gasteiger partial charge in [0.05, 0.1) is 5.54 Å². The Morgan fingerprint density at radius 1 is 1.32 bits per heavy atom. The van der Waals surface area contributed by atoms with Gasteiger partial charge in [0.25, 0.3) is 0 Å². The van der Waals surface area contributed by atoms with Gasteiger partial charge in [0.15, 0.2) is 0 Å². The van der Waals surface area contributed by atoms with Crippen molar-refractivity contribution < 1.29 is 0 Å². The third-order valence-electron chi connectivity index (χ3n) is 6.12. The monoisotopic (exact) mass is 296 g/mol. The second kappa shape index (κ2) is 5.42. The highest BCUT2D eigenvalue weighted by Gasteiger charge is 2.42. The van der Waals surface area contributed by atoms with Crippen molar-refractivity contribution in [3.63, 3.8) is 0 Å². The molecule has 1 N–H and O–H groups in total. The Hall–Kier alpha value is -1.28. The summed E-state index contributed by atoms with van der Waals surface area (Å²) in [6.45, 7) is 7.35. The number of benzene rings is 1. The number of nitrogens with zero attached hydrogens (tertiary/aromatic N) is 1. The molecule has 2 aliphatic heterocycles. The Bertz CT molecular complexity index is 671. The largest absolute Gasteiger partial charge is 0.357 e. The third kappa shape index (κ3) is 2.11. The summed E-state index contributed by atoms with van der Waals surface area (Å²) in [4.78, 5) is 6.59. The van der Waals surface area contributed by atoms with Gasteiger partial charge in [-0.25, -0.2) is 0 Å². The molecule has 0 unspecified atom stereocenters. The van der Waals surface area contributed by atoms with Gasteiger partial charge in [0.2, 0.25) is 0 Å². The Labute approximate surface area is 133 Å². The fraction of sp³-hybridized carbons (Fsp3) is 0.600. The van der Waals surface area contributed by atoms with E-state index in [0.29, 0.717) is 0 Å². The second-order valence-electron chi connectivity index (χ2n) is 7.54. The summed E-state index contributed by atoms with van der Waals surface area (Å²) in [6.07, 6.45) is 7.93. The summed E-state index contributed by atoms with van der Waals surface area (Å²) in [6, 6.07) is 8.86. The van der Waals surface area contributed by atoms with E-state index in [0.717, 1.165) is 5.92 Å². The number of aromatic amines is 1. The lowest BCUT2D eigenvalue weighted by Crippen LogP contribution is -2.50. The van der Waals surface area contributed by atoms with Crippen molar-refractivity contribution in [3.05, 3.63) is 35.5 Å². The standard InChI is InChI=1S/C20H28N2/c1-3-7-15-11-12-20(2)19-17(9-6-13-22(20)14-15)16-8-4-5-10-18(16)21-19/h4-5,8,10,15,21H,3,6-7,9,11-14H2,1-2H3/t15-,20-/m1/s1. The number of hydrogen-bond acceptors (Lipinski definition) is 1. The molecule has 2 aliphatic rings. The van der Waals surface area contributed by atoms with Crippen LogP contribution in [-0.2, 0) is 12.0 Å². The van der Waals surface area contributed by atoms with E-state index in [1.165, 1.54) is 68.2 Å². The molecule has 0 amide bonds. The van der Waals surface area contributed by atoms with E-state index < -0.39 is 0 Å². The number of aromatic nitrogens is 1. The first kappa shape index (κ1) is 14.3. The smallest absolute Gasteiger partial charge is 0.0586 e. The molecule has 1 aromatic heterocycles. The average molecular weight is 296 g/mol. The molecule has 0 spiro atoms. The summed E-state index contributed by atoms with van der Waals surface area (Å²) < 4.78 is 0. The summed E-state index contributed by atoms with van der Waals surface area (Å²) in [5, 5.41) is 1.45. The van der Waals surface area contributed by atoms with Crippen LogP contribution in [0, 0.1) is 5.92 Å². The van der Waals surface area contributed by atoms with Gasteiger partial charge in [-0.15, -0.1) is 0 Å². The second-order valence-corrected chi connectivity index (χ2v) is 7.54. The first-order valence-corrected chi connectivity index (χ1v) is 9.07. The maximum Gasteiger partial charge on any atom is 0.0586 e. The quantitative estimate of drug-likeness (QED) is 0.840. The van der Waals surface area contributed by atoms with Crippen LogP contribution in [0.1, 0.15) is 57.2 Å². The average Bonchev–Trinajstić information content (AvgIpc) is 2.84. The zero-order chi connectivity index (χ0) is 15.2. The topological polar surface area (TPSA) is 19.0 Å². The molecular weight excluding hydrogens is 268 g/mol. The van der Waals surface area contributed by atoms with Gasteiger partial charge < -0.3 is 4.98 Å². The number of H-pyrrole nitrogens is 1. The first-order chi connectivity index (χ1) is 10.7. The number of para-hydroxylation sites is 1. The number of aryl methyl sites for hydroxylation is 1. The molecule has 1 saturated heterocycles. The van der Waals surface area contributed by atoms with Crippen molar-refractivity contribution in [3.8, 4) is 0 Å². The van der Waals surface area contributed by atoms with E-state index in [-0.39, 0.29) is 5.54 Å². The zero-order valence-electron chi connectivity index (χ0n) is 14.0. The van der Waals surface area contributed by atoms with Crippen LogP contribution in [-0.4, -0.2) is 23.0 Å². The fourth-order valence-corrected chi connectivity index (χ4v) is 4.88. The van der Waals surface area contributed by atoms with Gasteiger partial charge >= 0.3 is 0 Å². The maximum absolute atomic E-state index is 3.80. The van der Waals surface area contributed by atoms with Crippen molar-refractivity contribution in [2.24, 2.45) is 5.92 Å². The molecule has 1 aromatic carbocycles. The van der Waals surface area contributed by atoms with Gasteiger partial charge in [0, 0.05) is 23.1 Å². The van der Waals surface area contributed by atoms with Crippen LogP contribution in [0.5, 0.6) is 0 Å². The minimum absolute atomic E-state index is 0.217. The van der Waals surface area contributed by atoms with E-state index >= 15 is 0 Å². The van der Waals surface area contributed by atoms with Gasteiger partial charge in [-0.1, -0.05) is 31.5 Å². The SMILES string of the molecule is CCC[C@@H]1CC[C@]2(C)c3[nH]c4ccccc4c3CCCN2C1. The van der Waals surface area contributed by atoms with Crippen LogP contribution in [0.15, 0.2) is 24.3 Å². The van der Waals surface area contributed by atoms with Gasteiger partial charge in [-0.05, 0) is 63.1 Å². The van der Waals surface area contributed by atoms with Crippen molar-refractivity contribution in [2.75, 3.05) is 13.1 Å². The molecule has 1 fully saturated rings. The lowest BCUT2D eigenvalue weighted by atomic mass is 9.79. The number of fused-ring (bicyclic) bond motifs is 5. The molecule has 0 saturated carbocycles.